The topological polar surface area (TPSA) is 81.9 Å². The minimum Gasteiger partial charge on any atom is -0.399 e. The maximum Gasteiger partial charge on any atom is 0.243 e. The first-order valence-corrected chi connectivity index (χ1v) is 7.76. The van der Waals surface area contributed by atoms with Crippen molar-refractivity contribution in [3.05, 3.63) is 23.8 Å². The monoisotopic (exact) mass is 300 g/mol. The molecule has 1 aromatic rings. The van der Waals surface area contributed by atoms with Crippen molar-refractivity contribution in [1.82, 2.24) is 4.31 Å². The number of hydrogen-bond acceptors (Lipinski definition) is 5. The van der Waals surface area contributed by atoms with E-state index in [1.807, 2.05) is 0 Å². The molecule has 2 atom stereocenters. The van der Waals surface area contributed by atoms with E-state index >= 15 is 0 Å². The smallest absolute Gasteiger partial charge is 0.243 e. The van der Waals surface area contributed by atoms with Gasteiger partial charge in [-0.3, -0.25) is 0 Å². The fraction of sp³-hybridized carbons (Fsp3) is 0.538. The fourth-order valence-electron chi connectivity index (χ4n) is 2.32. The number of aryl methyl sites for hydroxylation is 1. The SMILES string of the molecule is COC1CN(S(=O)(=O)c2ccc(N)c(C)c2)CC1OC. The molecule has 1 heterocycles. The molecule has 2 unspecified atom stereocenters. The largest absolute Gasteiger partial charge is 0.399 e. The normalized spacial score (nSPS) is 24.1. The van der Waals surface area contributed by atoms with Gasteiger partial charge in [0.15, 0.2) is 0 Å². The molecule has 0 aliphatic carbocycles. The Morgan fingerprint density at radius 2 is 1.75 bits per heavy atom. The summed E-state index contributed by atoms with van der Waals surface area (Å²) < 4.78 is 37.1. The summed E-state index contributed by atoms with van der Waals surface area (Å²) in [5.74, 6) is 0. The van der Waals surface area contributed by atoms with Gasteiger partial charge in [0, 0.05) is 33.0 Å². The summed E-state index contributed by atoms with van der Waals surface area (Å²) in [6, 6.07) is 4.73. The molecule has 1 saturated heterocycles. The number of nitrogens with zero attached hydrogens (tertiary/aromatic N) is 1. The highest BCUT2D eigenvalue weighted by molar-refractivity contribution is 7.89. The van der Waals surface area contributed by atoms with Gasteiger partial charge < -0.3 is 15.2 Å². The summed E-state index contributed by atoms with van der Waals surface area (Å²) in [7, 11) is -0.435. The van der Waals surface area contributed by atoms with Gasteiger partial charge in [-0.2, -0.15) is 4.31 Å². The van der Waals surface area contributed by atoms with Crippen molar-refractivity contribution in [3.8, 4) is 0 Å². The van der Waals surface area contributed by atoms with Crippen molar-refractivity contribution in [3.63, 3.8) is 0 Å². The van der Waals surface area contributed by atoms with Gasteiger partial charge in [0.05, 0.1) is 17.1 Å². The van der Waals surface area contributed by atoms with E-state index in [1.165, 1.54) is 10.4 Å². The first-order valence-electron chi connectivity index (χ1n) is 6.32. The lowest BCUT2D eigenvalue weighted by atomic mass is 10.2. The van der Waals surface area contributed by atoms with E-state index in [2.05, 4.69) is 0 Å². The molecule has 0 aromatic heterocycles. The summed E-state index contributed by atoms with van der Waals surface area (Å²) in [4.78, 5) is 0.246. The second-order valence-electron chi connectivity index (χ2n) is 4.89. The van der Waals surface area contributed by atoms with Crippen LogP contribution in [0.25, 0.3) is 0 Å². The number of benzene rings is 1. The van der Waals surface area contributed by atoms with Crippen molar-refractivity contribution >= 4 is 15.7 Å². The van der Waals surface area contributed by atoms with Crippen LogP contribution in [0.3, 0.4) is 0 Å². The van der Waals surface area contributed by atoms with Crippen molar-refractivity contribution in [1.29, 1.82) is 0 Å². The molecular weight excluding hydrogens is 280 g/mol. The predicted octanol–water partition coefficient (Wildman–Crippen LogP) is 0.612. The third-order valence-electron chi connectivity index (χ3n) is 3.67. The highest BCUT2D eigenvalue weighted by atomic mass is 32.2. The van der Waals surface area contributed by atoms with Gasteiger partial charge in [0.2, 0.25) is 10.0 Å². The van der Waals surface area contributed by atoms with E-state index in [1.54, 1.807) is 33.3 Å². The second kappa shape index (κ2) is 5.69. The van der Waals surface area contributed by atoms with E-state index in [9.17, 15) is 8.42 Å². The number of sulfonamides is 1. The van der Waals surface area contributed by atoms with Gasteiger partial charge in [-0.25, -0.2) is 8.42 Å². The quantitative estimate of drug-likeness (QED) is 0.824. The molecule has 20 heavy (non-hydrogen) atoms. The van der Waals surface area contributed by atoms with Crippen molar-refractivity contribution in [2.24, 2.45) is 0 Å². The highest BCUT2D eigenvalue weighted by Gasteiger charge is 2.39. The van der Waals surface area contributed by atoms with Crippen LogP contribution in [0.1, 0.15) is 5.56 Å². The minimum absolute atomic E-state index is 0.246. The lowest BCUT2D eigenvalue weighted by Gasteiger charge is -2.16. The van der Waals surface area contributed by atoms with E-state index in [4.69, 9.17) is 15.2 Å². The van der Waals surface area contributed by atoms with Crippen molar-refractivity contribution < 1.29 is 17.9 Å². The number of nitrogens with two attached hydrogens (primary N) is 1. The molecule has 6 nitrogen and oxygen atoms in total. The summed E-state index contributed by atoms with van der Waals surface area (Å²) in [5.41, 5.74) is 7.05. The zero-order valence-corrected chi connectivity index (χ0v) is 12.7. The Morgan fingerprint density at radius 1 is 1.20 bits per heavy atom. The number of anilines is 1. The third-order valence-corrected chi connectivity index (χ3v) is 5.49. The van der Waals surface area contributed by atoms with E-state index in [0.29, 0.717) is 18.8 Å². The van der Waals surface area contributed by atoms with E-state index < -0.39 is 10.0 Å². The molecule has 1 fully saturated rings. The molecule has 0 bridgehead atoms. The summed E-state index contributed by atoms with van der Waals surface area (Å²) in [6.45, 7) is 2.37. The van der Waals surface area contributed by atoms with Crippen LogP contribution >= 0.6 is 0 Å². The number of methoxy groups -OCH3 is 2. The first-order chi connectivity index (χ1) is 9.40. The van der Waals surface area contributed by atoms with Crippen LogP contribution in [-0.2, 0) is 19.5 Å². The molecule has 1 aliphatic heterocycles. The molecule has 112 valence electrons. The average Bonchev–Trinajstić information content (AvgIpc) is 2.85. The summed E-state index contributed by atoms with van der Waals surface area (Å²) >= 11 is 0. The molecule has 0 spiro atoms. The summed E-state index contributed by atoms with van der Waals surface area (Å²) in [5, 5.41) is 0. The second-order valence-corrected chi connectivity index (χ2v) is 6.83. The van der Waals surface area contributed by atoms with Crippen LogP contribution in [0, 0.1) is 6.92 Å². The zero-order valence-electron chi connectivity index (χ0n) is 11.9. The van der Waals surface area contributed by atoms with Gasteiger partial charge in [0.25, 0.3) is 0 Å². The number of ether oxygens (including phenoxy) is 2. The van der Waals surface area contributed by atoms with Gasteiger partial charge >= 0.3 is 0 Å². The summed E-state index contributed by atoms with van der Waals surface area (Å²) in [6.07, 6.45) is -0.491. The number of nitrogen functional groups attached to an aromatic ring is 1. The molecule has 0 radical (unpaired) electrons. The Balaban J connectivity index is 2.29. The van der Waals surface area contributed by atoms with E-state index in [-0.39, 0.29) is 17.1 Å². The molecule has 1 aromatic carbocycles. The van der Waals surface area contributed by atoms with Gasteiger partial charge in [-0.1, -0.05) is 0 Å². The van der Waals surface area contributed by atoms with Gasteiger partial charge in [0.1, 0.15) is 0 Å². The molecule has 1 aliphatic rings. The van der Waals surface area contributed by atoms with Crippen LogP contribution in [0.5, 0.6) is 0 Å². The Hall–Kier alpha value is -1.15. The van der Waals surface area contributed by atoms with Crippen LogP contribution < -0.4 is 5.73 Å². The minimum atomic E-state index is -3.55. The molecule has 2 N–H and O–H groups in total. The highest BCUT2D eigenvalue weighted by Crippen LogP contribution is 2.25. The molecule has 0 amide bonds. The Morgan fingerprint density at radius 3 is 2.20 bits per heavy atom. The number of rotatable bonds is 4. The van der Waals surface area contributed by atoms with Crippen molar-refractivity contribution in [2.45, 2.75) is 24.0 Å². The predicted molar refractivity (Wildman–Crippen MR) is 75.9 cm³/mol. The molecule has 7 heteroatoms. The Kier molecular flexibility index (Phi) is 4.33. The lowest BCUT2D eigenvalue weighted by Crippen LogP contribution is -2.30. The van der Waals surface area contributed by atoms with Crippen LogP contribution in [-0.4, -0.2) is 52.2 Å². The molecule has 2 rings (SSSR count). The molecule has 0 saturated carbocycles. The first kappa shape index (κ1) is 15.2. The number of hydrogen-bond donors (Lipinski definition) is 1. The third kappa shape index (κ3) is 2.67. The van der Waals surface area contributed by atoms with Crippen molar-refractivity contribution in [2.75, 3.05) is 33.0 Å². The van der Waals surface area contributed by atoms with Crippen LogP contribution in [0.15, 0.2) is 23.1 Å². The Bertz CT molecular complexity index is 576. The Labute approximate surface area is 119 Å². The van der Waals surface area contributed by atoms with Gasteiger partial charge in [-0.05, 0) is 30.7 Å². The van der Waals surface area contributed by atoms with Crippen LogP contribution in [0.4, 0.5) is 5.69 Å². The maximum absolute atomic E-state index is 12.6. The fourth-order valence-corrected chi connectivity index (χ4v) is 3.87. The van der Waals surface area contributed by atoms with E-state index in [0.717, 1.165) is 5.56 Å². The molecular formula is C13H20N2O4S. The van der Waals surface area contributed by atoms with Gasteiger partial charge in [-0.15, -0.1) is 0 Å². The van der Waals surface area contributed by atoms with Crippen LogP contribution in [0.2, 0.25) is 0 Å². The lowest BCUT2D eigenvalue weighted by molar-refractivity contribution is -0.00461. The standard InChI is InChI=1S/C13H20N2O4S/c1-9-6-10(4-5-11(9)14)20(16,17)15-7-12(18-2)13(8-15)19-3/h4-6,12-13H,7-8,14H2,1-3H3. The average molecular weight is 300 g/mol. The maximum atomic E-state index is 12.6. The zero-order chi connectivity index (χ0) is 14.9.